The van der Waals surface area contributed by atoms with Crippen LogP contribution in [0.1, 0.15) is 41.5 Å². The van der Waals surface area contributed by atoms with Crippen molar-refractivity contribution in [2.45, 2.75) is 38.6 Å². The summed E-state index contributed by atoms with van der Waals surface area (Å²) < 4.78 is 5.46. The lowest BCUT2D eigenvalue weighted by molar-refractivity contribution is 0.508. The van der Waals surface area contributed by atoms with Crippen LogP contribution in [0.3, 0.4) is 0 Å². The molecule has 2 aromatic heterocycles. The highest BCUT2D eigenvalue weighted by atomic mass is 32.1. The molecule has 3 nitrogen and oxygen atoms in total. The van der Waals surface area contributed by atoms with Gasteiger partial charge in [0.1, 0.15) is 10.8 Å². The van der Waals surface area contributed by atoms with E-state index in [2.05, 4.69) is 6.92 Å². The molecule has 1 aliphatic rings. The van der Waals surface area contributed by atoms with Crippen molar-refractivity contribution in [1.82, 2.24) is 4.98 Å². The Morgan fingerprint density at radius 2 is 2.41 bits per heavy atom. The predicted octanol–water partition coefficient (Wildman–Crippen LogP) is 3.30. The summed E-state index contributed by atoms with van der Waals surface area (Å²) in [5.74, 6) is 1.07. The van der Waals surface area contributed by atoms with Gasteiger partial charge in [-0.25, -0.2) is 4.98 Å². The molecule has 0 amide bonds. The Kier molecular flexibility index (Phi) is 2.76. The number of aromatic nitrogens is 1. The van der Waals surface area contributed by atoms with Crippen LogP contribution in [0, 0.1) is 0 Å². The first-order valence-corrected chi connectivity index (χ1v) is 6.93. The number of nitrogens with two attached hydrogens (primary N) is 1. The van der Waals surface area contributed by atoms with Gasteiger partial charge in [0.15, 0.2) is 0 Å². The SMILES string of the molecule is CCCC(N)c1nc2c(s1)CCc1occc1-2. The molecule has 2 heterocycles. The Balaban J connectivity index is 1.99. The standard InChI is InChI=1S/C13H16N2OS/c1-2-3-9(14)13-15-12-8-6-7-16-10(8)4-5-11(12)17-13/h6-7,9H,2-5,14H2,1H3. The van der Waals surface area contributed by atoms with E-state index in [0.717, 1.165) is 47.7 Å². The van der Waals surface area contributed by atoms with E-state index >= 15 is 0 Å². The van der Waals surface area contributed by atoms with Crippen LogP contribution >= 0.6 is 11.3 Å². The van der Waals surface area contributed by atoms with Gasteiger partial charge in [0.05, 0.1) is 18.0 Å². The minimum Gasteiger partial charge on any atom is -0.469 e. The maximum Gasteiger partial charge on any atom is 0.113 e. The smallest absolute Gasteiger partial charge is 0.113 e. The summed E-state index contributed by atoms with van der Waals surface area (Å²) in [6.45, 7) is 2.15. The van der Waals surface area contributed by atoms with Crippen LogP contribution in [0.4, 0.5) is 0 Å². The molecule has 0 saturated carbocycles. The van der Waals surface area contributed by atoms with Gasteiger partial charge < -0.3 is 10.2 Å². The number of hydrogen-bond donors (Lipinski definition) is 1. The highest BCUT2D eigenvalue weighted by Gasteiger charge is 2.24. The molecule has 90 valence electrons. The van der Waals surface area contributed by atoms with Crippen LogP contribution in [0.15, 0.2) is 16.7 Å². The molecule has 0 spiro atoms. The first-order chi connectivity index (χ1) is 8.29. The predicted molar refractivity (Wildman–Crippen MR) is 69.1 cm³/mol. The number of rotatable bonds is 3. The Morgan fingerprint density at radius 3 is 3.24 bits per heavy atom. The van der Waals surface area contributed by atoms with Crippen molar-refractivity contribution >= 4 is 11.3 Å². The first kappa shape index (κ1) is 11.0. The van der Waals surface area contributed by atoms with Gasteiger partial charge >= 0.3 is 0 Å². The molecule has 3 rings (SSSR count). The summed E-state index contributed by atoms with van der Waals surface area (Å²) in [7, 11) is 0. The molecule has 0 aliphatic heterocycles. The summed E-state index contributed by atoms with van der Waals surface area (Å²) in [6.07, 6.45) is 5.88. The maximum atomic E-state index is 6.14. The molecule has 0 aromatic carbocycles. The third-order valence-corrected chi connectivity index (χ3v) is 4.46. The van der Waals surface area contributed by atoms with Crippen molar-refractivity contribution < 1.29 is 4.42 Å². The molecular formula is C13H16N2OS. The van der Waals surface area contributed by atoms with Crippen LogP contribution < -0.4 is 5.73 Å². The molecule has 1 aliphatic carbocycles. The van der Waals surface area contributed by atoms with E-state index in [0.29, 0.717) is 0 Å². The van der Waals surface area contributed by atoms with E-state index in [1.807, 2.05) is 6.07 Å². The second-order valence-corrected chi connectivity index (χ2v) is 5.59. The van der Waals surface area contributed by atoms with Crippen molar-refractivity contribution in [2.24, 2.45) is 5.73 Å². The van der Waals surface area contributed by atoms with E-state index in [9.17, 15) is 0 Å². The lowest BCUT2D eigenvalue weighted by Crippen LogP contribution is -2.09. The van der Waals surface area contributed by atoms with E-state index < -0.39 is 0 Å². The molecule has 4 heteroatoms. The summed E-state index contributed by atoms with van der Waals surface area (Å²) in [4.78, 5) is 6.08. The van der Waals surface area contributed by atoms with E-state index in [4.69, 9.17) is 15.1 Å². The number of thiazole rings is 1. The molecule has 2 N–H and O–H groups in total. The molecule has 0 saturated heterocycles. The van der Waals surface area contributed by atoms with Crippen molar-refractivity contribution in [1.29, 1.82) is 0 Å². The molecular weight excluding hydrogens is 232 g/mol. The number of furan rings is 1. The van der Waals surface area contributed by atoms with Gasteiger partial charge in [-0.15, -0.1) is 11.3 Å². The average molecular weight is 248 g/mol. The lowest BCUT2D eigenvalue weighted by atomic mass is 10.0. The Morgan fingerprint density at radius 1 is 1.53 bits per heavy atom. The highest BCUT2D eigenvalue weighted by Crippen LogP contribution is 2.38. The molecule has 1 unspecified atom stereocenters. The molecule has 0 bridgehead atoms. The Bertz CT molecular complexity index is 529. The third-order valence-electron chi connectivity index (χ3n) is 3.21. The zero-order chi connectivity index (χ0) is 11.8. The molecule has 1 atom stereocenters. The fourth-order valence-electron chi connectivity index (χ4n) is 2.32. The number of fused-ring (bicyclic) bond motifs is 3. The van der Waals surface area contributed by atoms with E-state index in [1.54, 1.807) is 17.6 Å². The third kappa shape index (κ3) is 1.81. The minimum atomic E-state index is 0.0888. The van der Waals surface area contributed by atoms with Gasteiger partial charge in [-0.2, -0.15) is 0 Å². The fourth-order valence-corrected chi connectivity index (χ4v) is 3.43. The van der Waals surface area contributed by atoms with Crippen LogP contribution in [0.2, 0.25) is 0 Å². The molecule has 2 aromatic rings. The topological polar surface area (TPSA) is 52.0 Å². The molecule has 0 fully saturated rings. The van der Waals surface area contributed by atoms with E-state index in [-0.39, 0.29) is 6.04 Å². The van der Waals surface area contributed by atoms with Crippen molar-refractivity contribution in [3.63, 3.8) is 0 Å². The second kappa shape index (κ2) is 4.27. The lowest BCUT2D eigenvalue weighted by Gasteiger charge is -2.07. The quantitative estimate of drug-likeness (QED) is 0.906. The highest BCUT2D eigenvalue weighted by molar-refractivity contribution is 7.12. The van der Waals surface area contributed by atoms with Crippen LogP contribution in [-0.4, -0.2) is 4.98 Å². The van der Waals surface area contributed by atoms with E-state index in [1.165, 1.54) is 4.88 Å². The number of nitrogens with zero attached hydrogens (tertiary/aromatic N) is 1. The van der Waals surface area contributed by atoms with Gasteiger partial charge in [-0.1, -0.05) is 13.3 Å². The van der Waals surface area contributed by atoms with Crippen molar-refractivity contribution in [3.8, 4) is 11.3 Å². The van der Waals surface area contributed by atoms with Gasteiger partial charge in [-0.05, 0) is 18.9 Å². The van der Waals surface area contributed by atoms with Gasteiger partial charge in [0.25, 0.3) is 0 Å². The molecule has 0 radical (unpaired) electrons. The summed E-state index contributed by atoms with van der Waals surface area (Å²) in [5, 5.41) is 1.07. The zero-order valence-electron chi connectivity index (χ0n) is 9.90. The minimum absolute atomic E-state index is 0.0888. The molecule has 17 heavy (non-hydrogen) atoms. The van der Waals surface area contributed by atoms with Gasteiger partial charge in [0.2, 0.25) is 0 Å². The van der Waals surface area contributed by atoms with Crippen molar-refractivity contribution in [3.05, 3.63) is 28.0 Å². The first-order valence-electron chi connectivity index (χ1n) is 6.11. The Labute approximate surface area is 105 Å². The summed E-state index contributed by atoms with van der Waals surface area (Å²) in [6, 6.07) is 2.10. The summed E-state index contributed by atoms with van der Waals surface area (Å²) >= 11 is 1.77. The van der Waals surface area contributed by atoms with Gasteiger partial charge in [-0.3, -0.25) is 0 Å². The average Bonchev–Trinajstić information content (AvgIpc) is 2.94. The van der Waals surface area contributed by atoms with Crippen LogP contribution in [0.25, 0.3) is 11.3 Å². The van der Waals surface area contributed by atoms with Crippen LogP contribution in [-0.2, 0) is 12.8 Å². The van der Waals surface area contributed by atoms with Crippen molar-refractivity contribution in [2.75, 3.05) is 0 Å². The fraction of sp³-hybridized carbons (Fsp3) is 0.462. The monoisotopic (exact) mass is 248 g/mol. The zero-order valence-corrected chi connectivity index (χ0v) is 10.7. The maximum absolute atomic E-state index is 6.14. The second-order valence-electron chi connectivity index (χ2n) is 4.48. The normalized spacial score (nSPS) is 15.4. The summed E-state index contributed by atoms with van der Waals surface area (Å²) in [5.41, 5.74) is 8.40. The largest absolute Gasteiger partial charge is 0.469 e. The number of hydrogen-bond acceptors (Lipinski definition) is 4. The van der Waals surface area contributed by atoms with Gasteiger partial charge in [0, 0.05) is 16.9 Å². The van der Waals surface area contributed by atoms with Crippen LogP contribution in [0.5, 0.6) is 0 Å². The Hall–Kier alpha value is -1.13. The number of aryl methyl sites for hydroxylation is 2.